The summed E-state index contributed by atoms with van der Waals surface area (Å²) in [5, 5.41) is 0. The maximum absolute atomic E-state index is 5.59. The van der Waals surface area contributed by atoms with Crippen molar-refractivity contribution in [1.29, 1.82) is 0 Å². The van der Waals surface area contributed by atoms with Crippen LogP contribution in [0.15, 0.2) is 36.5 Å². The predicted molar refractivity (Wildman–Crippen MR) is 63.5 cm³/mol. The van der Waals surface area contributed by atoms with Gasteiger partial charge < -0.3 is 0 Å². The lowest BCUT2D eigenvalue weighted by Crippen LogP contribution is -1.94. The molecule has 0 bridgehead atoms. The highest BCUT2D eigenvalue weighted by Crippen LogP contribution is 2.16. The van der Waals surface area contributed by atoms with Crippen molar-refractivity contribution in [3.05, 3.63) is 61.6 Å². The van der Waals surface area contributed by atoms with Crippen LogP contribution in [0, 0.1) is 13.8 Å². The maximum atomic E-state index is 5.59. The van der Waals surface area contributed by atoms with Gasteiger partial charge in [0.25, 0.3) is 0 Å². The van der Waals surface area contributed by atoms with Gasteiger partial charge in [0.15, 0.2) is 5.82 Å². The van der Waals surface area contributed by atoms with E-state index in [1.807, 2.05) is 30.3 Å². The van der Waals surface area contributed by atoms with Crippen molar-refractivity contribution in [3.63, 3.8) is 0 Å². The summed E-state index contributed by atoms with van der Waals surface area (Å²) in [6.07, 6.45) is 2.66. The van der Waals surface area contributed by atoms with E-state index >= 15 is 0 Å². The first-order valence-electron chi connectivity index (χ1n) is 5.15. The minimum absolute atomic E-state index is 0.423. The molecule has 0 atom stereocenters. The van der Waals surface area contributed by atoms with Crippen LogP contribution in [0.1, 0.15) is 11.3 Å². The molecule has 0 amide bonds. The molecule has 4 radical (unpaired) electrons. The quantitative estimate of drug-likeness (QED) is 0.775. The van der Waals surface area contributed by atoms with Crippen LogP contribution in [0.25, 0.3) is 11.4 Å². The number of nitrogens with zero attached hydrogens (tertiary/aromatic N) is 2. The van der Waals surface area contributed by atoms with Crippen LogP contribution in [0.2, 0.25) is 0 Å². The molecule has 2 aromatic rings. The number of benzene rings is 1. The van der Waals surface area contributed by atoms with E-state index in [1.165, 1.54) is 0 Å². The molecule has 78 valence electrons. The van der Waals surface area contributed by atoms with Crippen LogP contribution in [0.5, 0.6) is 0 Å². The third-order valence-corrected chi connectivity index (χ3v) is 2.34. The average molecular weight is 208 g/mol. The number of rotatable bonds is 3. The van der Waals surface area contributed by atoms with Gasteiger partial charge in [-0.1, -0.05) is 18.2 Å². The molecule has 0 saturated carbocycles. The highest BCUT2D eigenvalue weighted by atomic mass is 14.9. The van der Waals surface area contributed by atoms with E-state index in [0.717, 1.165) is 16.8 Å². The Morgan fingerprint density at radius 2 is 1.94 bits per heavy atom. The fourth-order valence-corrected chi connectivity index (χ4v) is 1.49. The number of hydrogen-bond donors (Lipinski definition) is 0. The molecule has 16 heavy (non-hydrogen) atoms. The summed E-state index contributed by atoms with van der Waals surface area (Å²) < 4.78 is 0. The van der Waals surface area contributed by atoms with Crippen molar-refractivity contribution < 1.29 is 0 Å². The fraction of sp³-hybridized carbons (Fsp3) is 0.143. The average Bonchev–Trinajstić information content (AvgIpc) is 2.39. The van der Waals surface area contributed by atoms with Crippen molar-refractivity contribution >= 4 is 0 Å². The first-order chi connectivity index (χ1) is 7.83. The summed E-state index contributed by atoms with van der Waals surface area (Å²) in [6, 6.07) is 9.72. The second-order valence-corrected chi connectivity index (χ2v) is 3.48. The van der Waals surface area contributed by atoms with E-state index in [2.05, 4.69) is 9.97 Å². The molecule has 0 unspecified atom stereocenters. The molecule has 2 nitrogen and oxygen atoms in total. The van der Waals surface area contributed by atoms with Crippen LogP contribution in [-0.4, -0.2) is 9.97 Å². The molecule has 0 spiro atoms. The second-order valence-electron chi connectivity index (χ2n) is 3.48. The molecule has 0 fully saturated rings. The van der Waals surface area contributed by atoms with Gasteiger partial charge in [0.05, 0.1) is 0 Å². The van der Waals surface area contributed by atoms with E-state index in [1.54, 1.807) is 6.20 Å². The Balaban J connectivity index is 2.41. The van der Waals surface area contributed by atoms with E-state index in [0.29, 0.717) is 18.7 Å². The molecule has 0 aliphatic heterocycles. The smallest absolute Gasteiger partial charge is 0.159 e. The zero-order valence-electron chi connectivity index (χ0n) is 8.93. The monoisotopic (exact) mass is 208 g/mol. The molecule has 2 rings (SSSR count). The highest BCUT2D eigenvalue weighted by Gasteiger charge is 2.02. The minimum atomic E-state index is 0.423. The molecular formula is C14H12N2. The van der Waals surface area contributed by atoms with Crippen LogP contribution in [-0.2, 0) is 12.8 Å². The highest BCUT2D eigenvalue weighted by molar-refractivity contribution is 5.56. The van der Waals surface area contributed by atoms with Crippen molar-refractivity contribution in [3.8, 4) is 11.4 Å². The summed E-state index contributed by atoms with van der Waals surface area (Å²) in [7, 11) is 0. The SMILES string of the molecule is [CH]Cc1cccc(-c2nccc(C[CH])n2)c1. The largest absolute Gasteiger partial charge is 0.237 e. The van der Waals surface area contributed by atoms with Gasteiger partial charge in [0, 0.05) is 17.5 Å². The first-order valence-corrected chi connectivity index (χ1v) is 5.15. The normalized spacial score (nSPS) is 10.4. The Labute approximate surface area is 96.4 Å². The fourth-order valence-electron chi connectivity index (χ4n) is 1.49. The van der Waals surface area contributed by atoms with E-state index in [-0.39, 0.29) is 0 Å². The van der Waals surface area contributed by atoms with Crippen molar-refractivity contribution in [2.75, 3.05) is 0 Å². The summed E-state index contributed by atoms with van der Waals surface area (Å²) in [6.45, 7) is 11.1. The Morgan fingerprint density at radius 1 is 1.06 bits per heavy atom. The lowest BCUT2D eigenvalue weighted by atomic mass is 10.1. The summed E-state index contributed by atoms with van der Waals surface area (Å²) in [5.74, 6) is 0.693. The molecular weight excluding hydrogens is 196 g/mol. The summed E-state index contributed by atoms with van der Waals surface area (Å²) in [5.41, 5.74) is 2.88. The van der Waals surface area contributed by atoms with Crippen molar-refractivity contribution in [1.82, 2.24) is 9.97 Å². The number of aromatic nitrogens is 2. The zero-order chi connectivity index (χ0) is 11.4. The van der Waals surface area contributed by atoms with Gasteiger partial charge in [-0.05, 0) is 44.4 Å². The third-order valence-electron chi connectivity index (χ3n) is 2.34. The van der Waals surface area contributed by atoms with Crippen LogP contribution in [0.3, 0.4) is 0 Å². The Kier molecular flexibility index (Phi) is 3.30. The Hall–Kier alpha value is -1.70. The van der Waals surface area contributed by atoms with Crippen molar-refractivity contribution in [2.45, 2.75) is 12.8 Å². The summed E-state index contributed by atoms with van der Waals surface area (Å²) >= 11 is 0. The van der Waals surface area contributed by atoms with E-state index in [4.69, 9.17) is 13.8 Å². The molecule has 0 aliphatic rings. The van der Waals surface area contributed by atoms with Gasteiger partial charge in [-0.25, -0.2) is 9.97 Å². The molecule has 0 aliphatic carbocycles. The second kappa shape index (κ2) is 4.88. The topological polar surface area (TPSA) is 25.8 Å². The lowest BCUT2D eigenvalue weighted by Gasteiger charge is -2.03. The van der Waals surface area contributed by atoms with Gasteiger partial charge in [-0.3, -0.25) is 0 Å². The van der Waals surface area contributed by atoms with Crippen molar-refractivity contribution in [2.24, 2.45) is 0 Å². The number of hydrogen-bond acceptors (Lipinski definition) is 2. The molecule has 2 heteroatoms. The van der Waals surface area contributed by atoms with Crippen LogP contribution >= 0.6 is 0 Å². The standard InChI is InChI=1S/C14H12N2/c1-3-11-6-5-7-12(10-11)14-15-9-8-13(4-2)16-14/h1-2,5-10H,3-4H2. The molecule has 1 aromatic heterocycles. The maximum Gasteiger partial charge on any atom is 0.159 e. The third kappa shape index (κ3) is 2.27. The van der Waals surface area contributed by atoms with E-state index < -0.39 is 0 Å². The van der Waals surface area contributed by atoms with Gasteiger partial charge in [-0.15, -0.1) is 0 Å². The van der Waals surface area contributed by atoms with Crippen LogP contribution < -0.4 is 0 Å². The van der Waals surface area contributed by atoms with Gasteiger partial charge in [0.1, 0.15) is 0 Å². The Bertz CT molecular complexity index is 432. The minimum Gasteiger partial charge on any atom is -0.237 e. The molecule has 0 N–H and O–H groups in total. The first kappa shape index (κ1) is 10.8. The lowest BCUT2D eigenvalue weighted by molar-refractivity contribution is 1.05. The van der Waals surface area contributed by atoms with E-state index in [9.17, 15) is 0 Å². The van der Waals surface area contributed by atoms with Gasteiger partial charge in [-0.2, -0.15) is 0 Å². The molecule has 1 heterocycles. The van der Waals surface area contributed by atoms with Gasteiger partial charge >= 0.3 is 0 Å². The summed E-state index contributed by atoms with van der Waals surface area (Å²) in [4.78, 5) is 8.59. The predicted octanol–water partition coefficient (Wildman–Crippen LogP) is 2.65. The molecule has 1 aromatic carbocycles. The van der Waals surface area contributed by atoms with Crippen LogP contribution in [0.4, 0.5) is 0 Å². The zero-order valence-corrected chi connectivity index (χ0v) is 8.93. The Morgan fingerprint density at radius 3 is 2.69 bits per heavy atom. The molecule has 0 saturated heterocycles. The van der Waals surface area contributed by atoms with Gasteiger partial charge in [0.2, 0.25) is 0 Å².